The Labute approximate surface area is 163 Å². The molecule has 1 aromatic carbocycles. The van der Waals surface area contributed by atoms with Gasteiger partial charge in [0.05, 0.1) is 12.4 Å². The fourth-order valence-corrected chi connectivity index (χ4v) is 4.51. The predicted octanol–water partition coefficient (Wildman–Crippen LogP) is 3.10. The van der Waals surface area contributed by atoms with Gasteiger partial charge in [-0.15, -0.1) is 0 Å². The molecule has 1 amide bonds. The molecule has 1 aliphatic carbocycles. The molecule has 0 bridgehead atoms. The number of nitrogens with zero attached hydrogens (tertiary/aromatic N) is 2. The van der Waals surface area contributed by atoms with E-state index in [9.17, 15) is 14.0 Å². The minimum Gasteiger partial charge on any atom is -0.352 e. The zero-order valence-electron chi connectivity index (χ0n) is 15.4. The van der Waals surface area contributed by atoms with Crippen LogP contribution < -0.4 is 5.32 Å². The van der Waals surface area contributed by atoms with Crippen molar-refractivity contribution in [3.05, 3.63) is 66.0 Å². The zero-order chi connectivity index (χ0) is 19.5. The SMILES string of the molecule is O=C(/C=C/c1ccnnc1)C1C(=O)NC2CCC(F)CC2C1c1ccccc1. The van der Waals surface area contributed by atoms with E-state index >= 15 is 0 Å². The smallest absolute Gasteiger partial charge is 0.231 e. The molecule has 2 aliphatic rings. The lowest BCUT2D eigenvalue weighted by molar-refractivity contribution is -0.138. The van der Waals surface area contributed by atoms with Crippen molar-refractivity contribution in [2.45, 2.75) is 37.4 Å². The van der Waals surface area contributed by atoms with Crippen LogP contribution in [-0.4, -0.2) is 34.1 Å². The number of benzene rings is 1. The standard InChI is InChI=1S/C22H22FN3O2/c23-16-7-8-18-17(12-16)20(15-4-2-1-3-5-15)21(22(28)26-18)19(27)9-6-14-10-11-24-25-13-14/h1-6,9-11,13,16-18,20-21H,7-8,12H2,(H,26,28)/b9-6+. The summed E-state index contributed by atoms with van der Waals surface area (Å²) in [5.74, 6) is -1.82. The monoisotopic (exact) mass is 379 g/mol. The van der Waals surface area contributed by atoms with E-state index in [-0.39, 0.29) is 29.6 Å². The molecule has 144 valence electrons. The number of allylic oxidation sites excluding steroid dienone is 1. The molecule has 0 radical (unpaired) electrons. The van der Waals surface area contributed by atoms with Gasteiger partial charge in [0.1, 0.15) is 12.1 Å². The van der Waals surface area contributed by atoms with Crippen molar-refractivity contribution in [3.63, 3.8) is 0 Å². The quantitative estimate of drug-likeness (QED) is 0.655. The zero-order valence-corrected chi connectivity index (χ0v) is 15.4. The molecule has 6 heteroatoms. The molecule has 4 rings (SSSR count). The van der Waals surface area contributed by atoms with E-state index in [0.29, 0.717) is 19.3 Å². The molecule has 1 aliphatic heterocycles. The molecule has 1 saturated heterocycles. The summed E-state index contributed by atoms with van der Waals surface area (Å²) in [5.41, 5.74) is 1.65. The highest BCUT2D eigenvalue weighted by Crippen LogP contribution is 2.45. The lowest BCUT2D eigenvalue weighted by Gasteiger charge is -2.45. The van der Waals surface area contributed by atoms with Crippen molar-refractivity contribution in [2.75, 3.05) is 0 Å². The molecule has 1 N–H and O–H groups in total. The largest absolute Gasteiger partial charge is 0.352 e. The maximum atomic E-state index is 14.2. The second-order valence-corrected chi connectivity index (χ2v) is 7.51. The van der Waals surface area contributed by atoms with Gasteiger partial charge in [0.15, 0.2) is 5.78 Å². The number of carbonyl (C=O) groups excluding carboxylic acids is 2. The Morgan fingerprint density at radius 2 is 1.96 bits per heavy atom. The van der Waals surface area contributed by atoms with Gasteiger partial charge >= 0.3 is 0 Å². The maximum absolute atomic E-state index is 14.2. The van der Waals surface area contributed by atoms with E-state index in [1.165, 1.54) is 12.3 Å². The Morgan fingerprint density at radius 1 is 1.14 bits per heavy atom. The molecule has 1 saturated carbocycles. The van der Waals surface area contributed by atoms with Gasteiger partial charge in [0, 0.05) is 12.0 Å². The number of rotatable bonds is 4. The minimum atomic E-state index is -0.892. The van der Waals surface area contributed by atoms with Crippen LogP contribution in [0.4, 0.5) is 4.39 Å². The summed E-state index contributed by atoms with van der Waals surface area (Å²) in [6, 6.07) is 11.2. The Morgan fingerprint density at radius 3 is 2.71 bits per heavy atom. The second kappa shape index (κ2) is 8.00. The molecule has 5 unspecified atom stereocenters. The Bertz CT molecular complexity index is 872. The van der Waals surface area contributed by atoms with Crippen molar-refractivity contribution >= 4 is 17.8 Å². The van der Waals surface area contributed by atoms with Crippen LogP contribution in [0.1, 0.15) is 36.3 Å². The molecule has 2 fully saturated rings. The number of carbonyl (C=O) groups is 2. The minimum absolute atomic E-state index is 0.0814. The van der Waals surface area contributed by atoms with Crippen LogP contribution in [0.2, 0.25) is 0 Å². The molecular formula is C22H22FN3O2. The van der Waals surface area contributed by atoms with Crippen LogP contribution in [0.15, 0.2) is 54.9 Å². The number of amides is 1. The third-order valence-corrected chi connectivity index (χ3v) is 5.80. The molecule has 1 aromatic heterocycles. The third-order valence-electron chi connectivity index (χ3n) is 5.80. The first-order valence-electron chi connectivity index (χ1n) is 9.61. The summed E-state index contributed by atoms with van der Waals surface area (Å²) in [4.78, 5) is 25.9. The number of nitrogens with one attached hydrogen (secondary N) is 1. The number of piperidine rings is 1. The van der Waals surface area contributed by atoms with Crippen LogP contribution in [0.5, 0.6) is 0 Å². The summed E-state index contributed by atoms with van der Waals surface area (Å²) in [5, 5.41) is 10.5. The van der Waals surface area contributed by atoms with E-state index in [1.807, 2.05) is 30.3 Å². The van der Waals surface area contributed by atoms with Crippen LogP contribution in [-0.2, 0) is 9.59 Å². The fourth-order valence-electron chi connectivity index (χ4n) is 4.51. The van der Waals surface area contributed by atoms with Gasteiger partial charge in [-0.3, -0.25) is 9.59 Å². The van der Waals surface area contributed by atoms with Gasteiger partial charge in [-0.2, -0.15) is 10.2 Å². The van der Waals surface area contributed by atoms with Crippen molar-refractivity contribution in [1.29, 1.82) is 0 Å². The highest BCUT2D eigenvalue weighted by molar-refractivity contribution is 6.09. The number of hydrogen-bond acceptors (Lipinski definition) is 4. The topological polar surface area (TPSA) is 72.0 Å². The lowest BCUT2D eigenvalue weighted by Crippen LogP contribution is -2.57. The van der Waals surface area contributed by atoms with E-state index < -0.39 is 12.1 Å². The summed E-state index contributed by atoms with van der Waals surface area (Å²) >= 11 is 0. The highest BCUT2D eigenvalue weighted by Gasteiger charge is 2.49. The van der Waals surface area contributed by atoms with Crippen molar-refractivity contribution in [2.24, 2.45) is 11.8 Å². The molecule has 5 atom stereocenters. The molecule has 28 heavy (non-hydrogen) atoms. The fraction of sp³-hybridized carbons (Fsp3) is 0.364. The van der Waals surface area contributed by atoms with Crippen LogP contribution in [0, 0.1) is 11.8 Å². The van der Waals surface area contributed by atoms with E-state index in [2.05, 4.69) is 15.5 Å². The first-order valence-corrected chi connectivity index (χ1v) is 9.61. The average molecular weight is 379 g/mol. The summed E-state index contributed by atoms with van der Waals surface area (Å²) < 4.78 is 14.2. The van der Waals surface area contributed by atoms with E-state index in [0.717, 1.165) is 11.1 Å². The normalized spacial score (nSPS) is 29.9. The molecular weight excluding hydrogens is 357 g/mol. The third kappa shape index (κ3) is 3.72. The number of alkyl halides is 1. The highest BCUT2D eigenvalue weighted by atomic mass is 19.1. The first kappa shape index (κ1) is 18.5. The van der Waals surface area contributed by atoms with E-state index in [4.69, 9.17) is 0 Å². The van der Waals surface area contributed by atoms with Gasteiger partial charge in [-0.25, -0.2) is 4.39 Å². The van der Waals surface area contributed by atoms with Gasteiger partial charge < -0.3 is 5.32 Å². The van der Waals surface area contributed by atoms with Crippen molar-refractivity contribution < 1.29 is 14.0 Å². The number of fused-ring (bicyclic) bond motifs is 1. The maximum Gasteiger partial charge on any atom is 0.231 e. The van der Waals surface area contributed by atoms with Crippen molar-refractivity contribution in [3.8, 4) is 0 Å². The van der Waals surface area contributed by atoms with Crippen LogP contribution >= 0.6 is 0 Å². The van der Waals surface area contributed by atoms with Gasteiger partial charge in [0.25, 0.3) is 0 Å². The molecule has 0 spiro atoms. The summed E-state index contributed by atoms with van der Waals surface area (Å²) in [6.07, 6.45) is 6.69. The van der Waals surface area contributed by atoms with Gasteiger partial charge in [-0.1, -0.05) is 30.3 Å². The van der Waals surface area contributed by atoms with Gasteiger partial charge in [0.2, 0.25) is 5.91 Å². The summed E-state index contributed by atoms with van der Waals surface area (Å²) in [6.45, 7) is 0. The van der Waals surface area contributed by atoms with Crippen LogP contribution in [0.3, 0.4) is 0 Å². The first-order chi connectivity index (χ1) is 13.6. The Hall–Kier alpha value is -2.89. The van der Waals surface area contributed by atoms with E-state index in [1.54, 1.807) is 18.3 Å². The number of hydrogen-bond donors (Lipinski definition) is 1. The number of halogens is 1. The van der Waals surface area contributed by atoms with Crippen molar-refractivity contribution in [1.82, 2.24) is 15.5 Å². The number of aromatic nitrogens is 2. The van der Waals surface area contributed by atoms with Gasteiger partial charge in [-0.05, 0) is 54.5 Å². The average Bonchev–Trinajstić information content (AvgIpc) is 2.73. The summed E-state index contributed by atoms with van der Waals surface area (Å²) in [7, 11) is 0. The molecule has 5 nitrogen and oxygen atoms in total. The van der Waals surface area contributed by atoms with Crippen LogP contribution in [0.25, 0.3) is 6.08 Å². The predicted molar refractivity (Wildman–Crippen MR) is 103 cm³/mol. The Balaban J connectivity index is 1.67. The second-order valence-electron chi connectivity index (χ2n) is 7.51. The lowest BCUT2D eigenvalue weighted by atomic mass is 9.64. The molecule has 2 heterocycles. The molecule has 2 aromatic rings. The Kier molecular flexibility index (Phi) is 5.28. The number of ketones is 1.